The fourth-order valence-electron chi connectivity index (χ4n) is 2.24. The van der Waals surface area contributed by atoms with Crippen LogP contribution in [0.25, 0.3) is 0 Å². The van der Waals surface area contributed by atoms with Gasteiger partial charge in [0.2, 0.25) is 0 Å². The van der Waals surface area contributed by atoms with Gasteiger partial charge in [0.05, 0.1) is 6.61 Å². The summed E-state index contributed by atoms with van der Waals surface area (Å²) in [6.07, 6.45) is 3.28. The first-order valence-corrected chi connectivity index (χ1v) is 7.92. The maximum Gasteiger partial charge on any atom is 0.119 e. The van der Waals surface area contributed by atoms with Gasteiger partial charge in [0, 0.05) is 10.9 Å². The lowest BCUT2D eigenvalue weighted by atomic mass is 10.0. The Labute approximate surface area is 124 Å². The number of thiophene rings is 1. The molecule has 1 unspecified atom stereocenters. The standard InChI is InChI=1S/C16H22N2OS/c1-2-19-14-10-8-13(9-11-14)16(18-17)7-3-5-15-6-4-12-20-15/h4,6,8-12,16,18H,2-3,5,7,17H2,1H3. The number of nitrogens with two attached hydrogens (primary N) is 1. The molecule has 0 aliphatic carbocycles. The van der Waals surface area contributed by atoms with Crippen LogP contribution in [0.2, 0.25) is 0 Å². The molecule has 3 nitrogen and oxygen atoms in total. The maximum atomic E-state index is 5.68. The van der Waals surface area contributed by atoms with Gasteiger partial charge in [-0.15, -0.1) is 11.3 Å². The molecular weight excluding hydrogens is 268 g/mol. The summed E-state index contributed by atoms with van der Waals surface area (Å²) in [4.78, 5) is 1.44. The highest BCUT2D eigenvalue weighted by molar-refractivity contribution is 7.09. The molecule has 0 saturated carbocycles. The largest absolute Gasteiger partial charge is 0.494 e. The van der Waals surface area contributed by atoms with Crippen LogP contribution in [-0.4, -0.2) is 6.61 Å². The normalized spacial score (nSPS) is 12.3. The molecule has 0 amide bonds. The van der Waals surface area contributed by atoms with Gasteiger partial charge in [-0.3, -0.25) is 11.3 Å². The maximum absolute atomic E-state index is 5.68. The molecule has 20 heavy (non-hydrogen) atoms. The van der Waals surface area contributed by atoms with Crippen molar-refractivity contribution in [1.29, 1.82) is 0 Å². The average molecular weight is 290 g/mol. The van der Waals surface area contributed by atoms with E-state index in [-0.39, 0.29) is 6.04 Å². The van der Waals surface area contributed by atoms with Crippen molar-refractivity contribution in [2.24, 2.45) is 5.84 Å². The van der Waals surface area contributed by atoms with Gasteiger partial charge in [-0.1, -0.05) is 18.2 Å². The molecule has 2 aromatic rings. The molecule has 0 bridgehead atoms. The molecule has 108 valence electrons. The summed E-state index contributed by atoms with van der Waals surface area (Å²) in [6.45, 7) is 2.68. The molecule has 1 atom stereocenters. The molecule has 0 fully saturated rings. The Balaban J connectivity index is 1.87. The summed E-state index contributed by atoms with van der Waals surface area (Å²) in [5.74, 6) is 6.59. The Kier molecular flexibility index (Phi) is 6.05. The zero-order valence-electron chi connectivity index (χ0n) is 11.8. The molecular formula is C16H22N2OS. The summed E-state index contributed by atoms with van der Waals surface area (Å²) in [5, 5.41) is 2.13. The molecule has 1 heterocycles. The fraction of sp³-hybridized carbons (Fsp3) is 0.375. The molecule has 4 heteroatoms. The Morgan fingerprint density at radius 2 is 2.05 bits per heavy atom. The SMILES string of the molecule is CCOc1ccc(C(CCCc2cccs2)NN)cc1. The van der Waals surface area contributed by atoms with Crippen LogP contribution in [0.3, 0.4) is 0 Å². The van der Waals surface area contributed by atoms with Gasteiger partial charge in [0.15, 0.2) is 0 Å². The van der Waals surface area contributed by atoms with E-state index < -0.39 is 0 Å². The van der Waals surface area contributed by atoms with Crippen LogP contribution in [0, 0.1) is 0 Å². The molecule has 1 aromatic carbocycles. The average Bonchev–Trinajstić information content (AvgIpc) is 2.98. The van der Waals surface area contributed by atoms with Crippen molar-refractivity contribution in [1.82, 2.24) is 5.43 Å². The smallest absolute Gasteiger partial charge is 0.119 e. The Hall–Kier alpha value is -1.36. The Bertz CT molecular complexity index is 482. The molecule has 3 N–H and O–H groups in total. The predicted octanol–water partition coefficient (Wildman–Crippen LogP) is 3.67. The Morgan fingerprint density at radius 3 is 2.65 bits per heavy atom. The third-order valence-corrected chi connectivity index (χ3v) is 4.23. The number of hydrogen-bond acceptors (Lipinski definition) is 4. The van der Waals surface area contributed by atoms with Crippen molar-refractivity contribution < 1.29 is 4.74 Å². The van der Waals surface area contributed by atoms with E-state index in [4.69, 9.17) is 10.6 Å². The summed E-state index contributed by atoms with van der Waals surface area (Å²) in [6, 6.07) is 12.7. The summed E-state index contributed by atoms with van der Waals surface area (Å²) in [7, 11) is 0. The number of rotatable bonds is 8. The predicted molar refractivity (Wildman–Crippen MR) is 84.9 cm³/mol. The third kappa shape index (κ3) is 4.34. The monoisotopic (exact) mass is 290 g/mol. The fourth-order valence-corrected chi connectivity index (χ4v) is 3.00. The van der Waals surface area contributed by atoms with Gasteiger partial charge in [-0.2, -0.15) is 0 Å². The van der Waals surface area contributed by atoms with Crippen LogP contribution in [0.4, 0.5) is 0 Å². The lowest BCUT2D eigenvalue weighted by Gasteiger charge is -2.16. The lowest BCUT2D eigenvalue weighted by molar-refractivity contribution is 0.340. The first kappa shape index (κ1) is 15.0. The zero-order chi connectivity index (χ0) is 14.2. The number of ether oxygens (including phenoxy) is 1. The van der Waals surface area contributed by atoms with Gasteiger partial charge in [0.25, 0.3) is 0 Å². The highest BCUT2D eigenvalue weighted by Crippen LogP contribution is 2.22. The van der Waals surface area contributed by atoms with Crippen LogP contribution in [0.1, 0.15) is 36.2 Å². The van der Waals surface area contributed by atoms with Crippen LogP contribution in [0.5, 0.6) is 5.75 Å². The van der Waals surface area contributed by atoms with Crippen LogP contribution in [0.15, 0.2) is 41.8 Å². The van der Waals surface area contributed by atoms with Crippen molar-refractivity contribution in [3.05, 3.63) is 52.2 Å². The minimum atomic E-state index is 0.200. The topological polar surface area (TPSA) is 47.3 Å². The van der Waals surface area contributed by atoms with Gasteiger partial charge < -0.3 is 4.74 Å². The molecule has 0 spiro atoms. The van der Waals surface area contributed by atoms with Crippen molar-refractivity contribution in [3.8, 4) is 5.75 Å². The van der Waals surface area contributed by atoms with E-state index in [1.54, 1.807) is 0 Å². The number of benzene rings is 1. The van der Waals surface area contributed by atoms with Crippen LogP contribution >= 0.6 is 11.3 Å². The minimum Gasteiger partial charge on any atom is -0.494 e. The molecule has 1 aromatic heterocycles. The third-order valence-electron chi connectivity index (χ3n) is 3.29. The Morgan fingerprint density at radius 1 is 1.25 bits per heavy atom. The van der Waals surface area contributed by atoms with Crippen LogP contribution < -0.4 is 16.0 Å². The van der Waals surface area contributed by atoms with Crippen molar-refractivity contribution in [3.63, 3.8) is 0 Å². The molecule has 2 rings (SSSR count). The molecule has 0 radical (unpaired) electrons. The van der Waals surface area contributed by atoms with E-state index in [2.05, 4.69) is 35.1 Å². The first-order valence-electron chi connectivity index (χ1n) is 7.04. The number of aryl methyl sites for hydroxylation is 1. The van der Waals surface area contributed by atoms with E-state index in [0.29, 0.717) is 6.61 Å². The minimum absolute atomic E-state index is 0.200. The van der Waals surface area contributed by atoms with E-state index in [0.717, 1.165) is 25.0 Å². The number of hydrazine groups is 1. The first-order chi connectivity index (χ1) is 9.83. The number of hydrogen-bond donors (Lipinski definition) is 2. The van der Waals surface area contributed by atoms with Crippen LogP contribution in [-0.2, 0) is 6.42 Å². The second-order valence-electron chi connectivity index (χ2n) is 4.69. The van der Waals surface area contributed by atoms with E-state index in [1.165, 1.54) is 10.4 Å². The van der Waals surface area contributed by atoms with E-state index in [9.17, 15) is 0 Å². The van der Waals surface area contributed by atoms with Gasteiger partial charge in [-0.05, 0) is 55.3 Å². The summed E-state index contributed by atoms with van der Waals surface area (Å²) in [5.41, 5.74) is 4.12. The van der Waals surface area contributed by atoms with Gasteiger partial charge in [-0.25, -0.2) is 0 Å². The molecule has 0 saturated heterocycles. The molecule has 0 aliphatic heterocycles. The summed E-state index contributed by atoms with van der Waals surface area (Å²) >= 11 is 1.82. The van der Waals surface area contributed by atoms with Crippen molar-refractivity contribution >= 4 is 11.3 Å². The van der Waals surface area contributed by atoms with Gasteiger partial charge in [0.1, 0.15) is 5.75 Å². The highest BCUT2D eigenvalue weighted by atomic mass is 32.1. The van der Waals surface area contributed by atoms with Crippen molar-refractivity contribution in [2.75, 3.05) is 6.61 Å². The van der Waals surface area contributed by atoms with E-state index in [1.807, 2.05) is 30.4 Å². The number of nitrogens with one attached hydrogen (secondary N) is 1. The quantitative estimate of drug-likeness (QED) is 0.576. The van der Waals surface area contributed by atoms with E-state index >= 15 is 0 Å². The second-order valence-corrected chi connectivity index (χ2v) is 5.73. The van der Waals surface area contributed by atoms with Gasteiger partial charge >= 0.3 is 0 Å². The lowest BCUT2D eigenvalue weighted by Crippen LogP contribution is -2.28. The van der Waals surface area contributed by atoms with Crippen molar-refractivity contribution in [2.45, 2.75) is 32.2 Å². The molecule has 0 aliphatic rings. The summed E-state index contributed by atoms with van der Waals surface area (Å²) < 4.78 is 5.45. The highest BCUT2D eigenvalue weighted by Gasteiger charge is 2.09. The zero-order valence-corrected chi connectivity index (χ0v) is 12.7. The second kappa shape index (κ2) is 8.04.